The lowest BCUT2D eigenvalue weighted by Gasteiger charge is -2.21. The number of rotatable bonds is 3. The highest BCUT2D eigenvalue weighted by molar-refractivity contribution is 5.64. The van der Waals surface area contributed by atoms with E-state index < -0.39 is 6.10 Å². The van der Waals surface area contributed by atoms with Gasteiger partial charge in [0, 0.05) is 18.0 Å². The van der Waals surface area contributed by atoms with Gasteiger partial charge in [-0.25, -0.2) is 4.98 Å². The van der Waals surface area contributed by atoms with Crippen LogP contribution >= 0.6 is 0 Å². The molecule has 2 aliphatic rings. The monoisotopic (exact) mass is 330 g/mol. The third-order valence-electron chi connectivity index (χ3n) is 5.01. The number of ether oxygens (including phenoxy) is 3. The molecule has 0 amide bonds. The van der Waals surface area contributed by atoms with E-state index in [4.69, 9.17) is 14.2 Å². The molecule has 0 bridgehead atoms. The maximum atomic E-state index is 9.95. The molecule has 3 heterocycles. The van der Waals surface area contributed by atoms with Crippen LogP contribution < -0.4 is 4.74 Å². The van der Waals surface area contributed by atoms with Gasteiger partial charge < -0.3 is 23.9 Å². The van der Waals surface area contributed by atoms with Gasteiger partial charge in [-0.15, -0.1) is 0 Å². The molecule has 0 radical (unpaired) electrons. The number of benzene rings is 1. The van der Waals surface area contributed by atoms with Crippen molar-refractivity contribution in [3.63, 3.8) is 0 Å². The third-order valence-corrected chi connectivity index (χ3v) is 5.01. The Hall–Kier alpha value is -1.89. The largest absolute Gasteiger partial charge is 0.496 e. The molecule has 6 heteroatoms. The van der Waals surface area contributed by atoms with E-state index in [9.17, 15) is 5.11 Å². The summed E-state index contributed by atoms with van der Waals surface area (Å²) in [4.78, 5) is 4.57. The first-order valence-electron chi connectivity index (χ1n) is 8.20. The minimum absolute atomic E-state index is 0.0199. The van der Waals surface area contributed by atoms with Gasteiger partial charge in [0.25, 0.3) is 0 Å². The Morgan fingerprint density at radius 3 is 2.75 bits per heavy atom. The molecule has 2 aromatic rings. The summed E-state index contributed by atoms with van der Waals surface area (Å²) in [7, 11) is 1.68. The Morgan fingerprint density at radius 2 is 1.96 bits per heavy atom. The van der Waals surface area contributed by atoms with Crippen LogP contribution in [0.4, 0.5) is 0 Å². The molecule has 0 unspecified atom stereocenters. The van der Waals surface area contributed by atoms with Gasteiger partial charge in [0.1, 0.15) is 29.9 Å². The minimum atomic E-state index is -0.545. The number of aliphatic hydroxyl groups is 1. The molecule has 0 saturated carbocycles. The quantitative estimate of drug-likeness (QED) is 0.931. The van der Waals surface area contributed by atoms with Gasteiger partial charge in [0.05, 0.1) is 26.4 Å². The second-order valence-corrected chi connectivity index (χ2v) is 6.53. The van der Waals surface area contributed by atoms with Crippen molar-refractivity contribution in [1.82, 2.24) is 9.55 Å². The zero-order valence-corrected chi connectivity index (χ0v) is 14.1. The lowest BCUT2D eigenvalue weighted by atomic mass is 10.0. The van der Waals surface area contributed by atoms with Crippen molar-refractivity contribution >= 4 is 0 Å². The fourth-order valence-corrected chi connectivity index (χ4v) is 3.74. The smallest absolute Gasteiger partial charge is 0.140 e. The summed E-state index contributed by atoms with van der Waals surface area (Å²) < 4.78 is 19.0. The predicted octanol–water partition coefficient (Wildman–Crippen LogP) is 1.88. The van der Waals surface area contributed by atoms with Crippen LogP contribution in [-0.4, -0.2) is 53.3 Å². The lowest BCUT2D eigenvalue weighted by Crippen LogP contribution is -2.30. The van der Waals surface area contributed by atoms with E-state index in [2.05, 4.69) is 22.5 Å². The first-order chi connectivity index (χ1) is 11.6. The number of methoxy groups -OCH3 is 1. The molecule has 1 N–H and O–H groups in total. The molecule has 1 aromatic carbocycles. The number of fused-ring (bicyclic) bond motifs is 1. The molecular formula is C18H22N2O4. The molecule has 4 atom stereocenters. The Bertz CT molecular complexity index is 757. The molecule has 2 aliphatic heterocycles. The van der Waals surface area contributed by atoms with E-state index in [-0.39, 0.29) is 18.2 Å². The van der Waals surface area contributed by atoms with Crippen LogP contribution in [0.5, 0.6) is 5.75 Å². The number of nitrogens with zero attached hydrogens (tertiary/aromatic N) is 2. The number of imidazole rings is 1. The molecule has 0 aliphatic carbocycles. The number of hydrogen-bond acceptors (Lipinski definition) is 5. The van der Waals surface area contributed by atoms with Crippen LogP contribution in [0.1, 0.15) is 17.2 Å². The summed E-state index contributed by atoms with van der Waals surface area (Å²) >= 11 is 0. The lowest BCUT2D eigenvalue weighted by molar-refractivity contribution is 0.0172. The van der Waals surface area contributed by atoms with Gasteiger partial charge in [0.2, 0.25) is 0 Å². The Morgan fingerprint density at radius 1 is 1.17 bits per heavy atom. The highest BCUT2D eigenvalue weighted by Gasteiger charge is 2.48. The van der Waals surface area contributed by atoms with E-state index in [1.165, 1.54) is 0 Å². The van der Waals surface area contributed by atoms with Gasteiger partial charge >= 0.3 is 0 Å². The summed E-state index contributed by atoms with van der Waals surface area (Å²) in [5, 5.41) is 9.95. The number of hydrogen-bond donors (Lipinski definition) is 1. The summed E-state index contributed by atoms with van der Waals surface area (Å²) in [6.07, 6.45) is 2.83. The van der Waals surface area contributed by atoms with E-state index in [1.807, 2.05) is 19.2 Å². The van der Waals surface area contributed by atoms with Gasteiger partial charge in [-0.1, -0.05) is 0 Å². The van der Waals surface area contributed by atoms with Crippen LogP contribution in [0.25, 0.3) is 11.4 Å². The van der Waals surface area contributed by atoms with Crippen molar-refractivity contribution in [2.24, 2.45) is 0 Å². The number of aliphatic hydroxyl groups excluding tert-OH is 1. The third kappa shape index (κ3) is 2.33. The molecule has 24 heavy (non-hydrogen) atoms. The van der Waals surface area contributed by atoms with Crippen molar-refractivity contribution in [2.45, 2.75) is 38.2 Å². The van der Waals surface area contributed by atoms with E-state index >= 15 is 0 Å². The molecule has 128 valence electrons. The number of aromatic nitrogens is 2. The molecule has 2 fully saturated rings. The second kappa shape index (κ2) is 5.88. The Labute approximate surface area is 141 Å². The zero-order chi connectivity index (χ0) is 16.8. The van der Waals surface area contributed by atoms with Crippen molar-refractivity contribution in [2.75, 3.05) is 20.3 Å². The van der Waals surface area contributed by atoms with E-state index in [0.717, 1.165) is 28.3 Å². The average molecular weight is 330 g/mol. The van der Waals surface area contributed by atoms with Gasteiger partial charge in [-0.3, -0.25) is 0 Å². The van der Waals surface area contributed by atoms with Crippen LogP contribution in [-0.2, 0) is 9.47 Å². The van der Waals surface area contributed by atoms with Gasteiger partial charge in [-0.2, -0.15) is 0 Å². The summed E-state index contributed by atoms with van der Waals surface area (Å²) in [5.74, 6) is 1.76. The maximum absolute atomic E-state index is 9.95. The Kier molecular flexibility index (Phi) is 3.83. The summed E-state index contributed by atoms with van der Waals surface area (Å²) in [5.41, 5.74) is 3.24. The molecule has 2 saturated heterocycles. The highest BCUT2D eigenvalue weighted by Crippen LogP contribution is 2.37. The zero-order valence-electron chi connectivity index (χ0n) is 14.1. The van der Waals surface area contributed by atoms with Crippen molar-refractivity contribution in [3.05, 3.63) is 35.7 Å². The highest BCUT2D eigenvalue weighted by atomic mass is 16.6. The van der Waals surface area contributed by atoms with Crippen molar-refractivity contribution in [3.8, 4) is 17.1 Å². The van der Waals surface area contributed by atoms with Crippen molar-refractivity contribution < 1.29 is 19.3 Å². The normalized spacial score (nSPS) is 29.0. The predicted molar refractivity (Wildman–Crippen MR) is 88.2 cm³/mol. The van der Waals surface area contributed by atoms with Gasteiger partial charge in [-0.05, 0) is 37.1 Å². The van der Waals surface area contributed by atoms with Gasteiger partial charge in [0.15, 0.2) is 0 Å². The SMILES string of the molecule is COc1cc(C)c(-c2nccn2[C@@H]2CO[C@H]3[C@@H]2OC[C@H]3O)cc1C. The van der Waals surface area contributed by atoms with Crippen LogP contribution in [0.3, 0.4) is 0 Å². The Balaban J connectivity index is 1.73. The van der Waals surface area contributed by atoms with Crippen LogP contribution in [0.2, 0.25) is 0 Å². The average Bonchev–Trinajstić information content (AvgIpc) is 3.26. The molecule has 6 nitrogen and oxygen atoms in total. The van der Waals surface area contributed by atoms with Crippen LogP contribution in [0.15, 0.2) is 24.5 Å². The van der Waals surface area contributed by atoms with Crippen molar-refractivity contribution in [1.29, 1.82) is 0 Å². The first-order valence-corrected chi connectivity index (χ1v) is 8.20. The minimum Gasteiger partial charge on any atom is -0.496 e. The van der Waals surface area contributed by atoms with E-state index in [1.54, 1.807) is 13.3 Å². The van der Waals surface area contributed by atoms with E-state index in [0.29, 0.717) is 13.2 Å². The van der Waals surface area contributed by atoms with Crippen LogP contribution in [0, 0.1) is 13.8 Å². The molecule has 0 spiro atoms. The standard InChI is InChI=1S/C18H22N2O4/c1-10-7-15(22-3)11(2)6-12(10)18-19-4-5-20(18)13-8-23-17-14(21)9-24-16(13)17/h4-7,13-14,16-17,21H,8-9H2,1-3H3/t13-,14-,16-,17-/m1/s1. The molecule has 1 aromatic heterocycles. The summed E-state index contributed by atoms with van der Waals surface area (Å²) in [6.45, 7) is 4.93. The topological polar surface area (TPSA) is 65.7 Å². The second-order valence-electron chi connectivity index (χ2n) is 6.53. The number of aryl methyl sites for hydroxylation is 2. The molecular weight excluding hydrogens is 308 g/mol. The first kappa shape index (κ1) is 15.6. The maximum Gasteiger partial charge on any atom is 0.140 e. The molecule has 4 rings (SSSR count). The fourth-order valence-electron chi connectivity index (χ4n) is 3.74. The fraction of sp³-hybridized carbons (Fsp3) is 0.500. The summed E-state index contributed by atoms with van der Waals surface area (Å²) in [6, 6.07) is 4.16.